The number of carbonyl (C=O) groups excluding carboxylic acids is 1. The number of aliphatic carboxylic acids is 1. The average molecular weight is 329 g/mol. The minimum absolute atomic E-state index is 0.0702. The third kappa shape index (κ3) is 5.56. The molecule has 1 aromatic carbocycles. The molecule has 1 N–H and O–H groups in total. The van der Waals surface area contributed by atoms with E-state index in [0.29, 0.717) is 11.5 Å². The van der Waals surface area contributed by atoms with Crippen LogP contribution in [0.5, 0.6) is 11.5 Å². The second-order valence-electron chi connectivity index (χ2n) is 5.43. The van der Waals surface area contributed by atoms with Gasteiger partial charge in [-0.25, -0.2) is 0 Å². The highest BCUT2D eigenvalue weighted by atomic mass is 35.5. The molecule has 6 heteroatoms. The maximum absolute atomic E-state index is 12.1. The third-order valence-corrected chi connectivity index (χ3v) is 2.94. The molecule has 22 heavy (non-hydrogen) atoms. The van der Waals surface area contributed by atoms with E-state index in [1.165, 1.54) is 12.1 Å². The van der Waals surface area contributed by atoms with Crippen molar-refractivity contribution in [3.8, 4) is 11.5 Å². The van der Waals surface area contributed by atoms with E-state index in [0.717, 1.165) is 0 Å². The number of hydrogen-bond donors (Lipinski definition) is 1. The van der Waals surface area contributed by atoms with Crippen LogP contribution in [-0.4, -0.2) is 29.1 Å². The molecule has 0 aliphatic heterocycles. The van der Waals surface area contributed by atoms with Gasteiger partial charge in [0.25, 0.3) is 0 Å². The van der Waals surface area contributed by atoms with Gasteiger partial charge in [-0.3, -0.25) is 9.59 Å². The Balaban J connectivity index is 3.13. The molecule has 0 atom stereocenters. The van der Waals surface area contributed by atoms with Gasteiger partial charge >= 0.3 is 5.97 Å². The van der Waals surface area contributed by atoms with Gasteiger partial charge in [0, 0.05) is 18.1 Å². The summed E-state index contributed by atoms with van der Waals surface area (Å²) in [4.78, 5) is 22.7. The zero-order valence-corrected chi connectivity index (χ0v) is 13.9. The summed E-state index contributed by atoms with van der Waals surface area (Å²) in [5, 5.41) is 8.89. The van der Waals surface area contributed by atoms with Crippen molar-refractivity contribution in [2.75, 3.05) is 0 Å². The number of halogens is 1. The molecule has 1 rings (SSSR count). The molecule has 0 bridgehead atoms. The summed E-state index contributed by atoms with van der Waals surface area (Å²) in [6.45, 7) is 7.47. The molecule has 0 amide bonds. The van der Waals surface area contributed by atoms with Gasteiger partial charge in [-0.1, -0.05) is 11.6 Å². The molecule has 0 heterocycles. The number of ketones is 1. The summed E-state index contributed by atoms with van der Waals surface area (Å²) >= 11 is 6.13. The molecular weight excluding hydrogens is 308 g/mol. The lowest BCUT2D eigenvalue weighted by Crippen LogP contribution is -2.12. The molecule has 5 nitrogen and oxygen atoms in total. The Kier molecular flexibility index (Phi) is 6.68. The van der Waals surface area contributed by atoms with Gasteiger partial charge < -0.3 is 14.6 Å². The summed E-state index contributed by atoms with van der Waals surface area (Å²) in [5.74, 6) is -0.477. The molecule has 0 fully saturated rings. The second kappa shape index (κ2) is 8.03. The zero-order valence-electron chi connectivity index (χ0n) is 13.2. The van der Waals surface area contributed by atoms with Gasteiger partial charge in [-0.05, 0) is 33.8 Å². The molecule has 0 aliphatic carbocycles. The van der Waals surface area contributed by atoms with Crippen LogP contribution in [0.4, 0.5) is 0 Å². The second-order valence-corrected chi connectivity index (χ2v) is 5.84. The summed E-state index contributed by atoms with van der Waals surface area (Å²) in [5.41, 5.74) is 0.245. The highest BCUT2D eigenvalue weighted by molar-refractivity contribution is 6.34. The summed E-state index contributed by atoms with van der Waals surface area (Å²) in [6, 6.07) is 3.05. The maximum Gasteiger partial charge on any atom is 0.303 e. The van der Waals surface area contributed by atoms with Gasteiger partial charge in [-0.15, -0.1) is 0 Å². The number of rotatable bonds is 8. The maximum atomic E-state index is 12.1. The van der Waals surface area contributed by atoms with E-state index < -0.39 is 5.97 Å². The number of Topliss-reactive ketones (excluding diaryl/α,β-unsaturated/α-hetero) is 1. The monoisotopic (exact) mass is 328 g/mol. The SMILES string of the molecule is CC(C)Oc1cc(Cl)c(C(=O)CCC(=O)O)cc1OC(C)C. The lowest BCUT2D eigenvalue weighted by Gasteiger charge is -2.18. The van der Waals surface area contributed by atoms with Crippen molar-refractivity contribution in [2.45, 2.75) is 52.7 Å². The molecule has 0 saturated carbocycles. The van der Waals surface area contributed by atoms with E-state index in [2.05, 4.69) is 0 Å². The summed E-state index contributed by atoms with van der Waals surface area (Å²) < 4.78 is 11.3. The summed E-state index contributed by atoms with van der Waals surface area (Å²) in [6.07, 6.45) is -0.517. The van der Waals surface area contributed by atoms with Crippen molar-refractivity contribution in [3.05, 3.63) is 22.7 Å². The Hall–Kier alpha value is -1.75. The van der Waals surface area contributed by atoms with E-state index in [9.17, 15) is 9.59 Å². The fraction of sp³-hybridized carbons (Fsp3) is 0.500. The molecular formula is C16H21ClO5. The first kappa shape index (κ1) is 18.3. The molecule has 0 unspecified atom stereocenters. The van der Waals surface area contributed by atoms with Crippen LogP contribution in [0.25, 0.3) is 0 Å². The van der Waals surface area contributed by atoms with Crippen molar-refractivity contribution in [2.24, 2.45) is 0 Å². The highest BCUT2D eigenvalue weighted by Crippen LogP contribution is 2.35. The predicted molar refractivity (Wildman–Crippen MR) is 84.2 cm³/mol. The van der Waals surface area contributed by atoms with E-state index in [4.69, 9.17) is 26.2 Å². The number of carbonyl (C=O) groups is 2. The van der Waals surface area contributed by atoms with E-state index in [1.54, 1.807) is 0 Å². The molecule has 0 saturated heterocycles. The number of carboxylic acids is 1. The molecule has 0 spiro atoms. The Morgan fingerprint density at radius 2 is 1.55 bits per heavy atom. The van der Waals surface area contributed by atoms with E-state index >= 15 is 0 Å². The Bertz CT molecular complexity index is 552. The Labute approximate surface area is 135 Å². The highest BCUT2D eigenvalue weighted by Gasteiger charge is 2.18. The van der Waals surface area contributed by atoms with Crippen molar-refractivity contribution in [1.82, 2.24) is 0 Å². The molecule has 0 aliphatic rings. The largest absolute Gasteiger partial charge is 0.487 e. The van der Waals surface area contributed by atoms with Crippen LogP contribution >= 0.6 is 11.6 Å². The van der Waals surface area contributed by atoms with Crippen LogP contribution < -0.4 is 9.47 Å². The van der Waals surface area contributed by atoms with Crippen LogP contribution in [0.2, 0.25) is 5.02 Å². The van der Waals surface area contributed by atoms with E-state index in [1.807, 2.05) is 27.7 Å². The number of benzene rings is 1. The molecule has 0 aromatic heterocycles. The fourth-order valence-electron chi connectivity index (χ4n) is 1.80. The van der Waals surface area contributed by atoms with Gasteiger partial charge in [-0.2, -0.15) is 0 Å². The van der Waals surface area contributed by atoms with Crippen LogP contribution in [0.1, 0.15) is 50.9 Å². The number of hydrogen-bond acceptors (Lipinski definition) is 4. The molecule has 122 valence electrons. The fourth-order valence-corrected chi connectivity index (χ4v) is 2.06. The van der Waals surface area contributed by atoms with Crippen LogP contribution in [-0.2, 0) is 4.79 Å². The van der Waals surface area contributed by atoms with Crippen molar-refractivity contribution < 1.29 is 24.2 Å². The molecule has 1 aromatic rings. The van der Waals surface area contributed by atoms with Crippen LogP contribution in [0.15, 0.2) is 12.1 Å². The lowest BCUT2D eigenvalue weighted by molar-refractivity contribution is -0.136. The summed E-state index contributed by atoms with van der Waals surface area (Å²) in [7, 11) is 0. The average Bonchev–Trinajstić information content (AvgIpc) is 2.37. The smallest absolute Gasteiger partial charge is 0.303 e. The van der Waals surface area contributed by atoms with Crippen LogP contribution in [0, 0.1) is 0 Å². The van der Waals surface area contributed by atoms with Gasteiger partial charge in [0.15, 0.2) is 17.3 Å². The van der Waals surface area contributed by atoms with Gasteiger partial charge in [0.2, 0.25) is 0 Å². The van der Waals surface area contributed by atoms with E-state index in [-0.39, 0.29) is 41.4 Å². The number of ether oxygens (including phenoxy) is 2. The first-order valence-corrected chi connectivity index (χ1v) is 7.50. The zero-order chi connectivity index (χ0) is 16.9. The van der Waals surface area contributed by atoms with Crippen molar-refractivity contribution in [1.29, 1.82) is 0 Å². The Morgan fingerprint density at radius 1 is 1.05 bits per heavy atom. The topological polar surface area (TPSA) is 72.8 Å². The Morgan fingerprint density at radius 3 is 2.00 bits per heavy atom. The molecule has 0 radical (unpaired) electrons. The standard InChI is InChI=1S/C16H21ClO5/c1-9(2)21-14-7-11(13(18)5-6-16(19)20)12(17)8-15(14)22-10(3)4/h7-10H,5-6H2,1-4H3,(H,19,20). The lowest BCUT2D eigenvalue weighted by atomic mass is 10.1. The van der Waals surface area contributed by atoms with Gasteiger partial charge in [0.1, 0.15) is 0 Å². The van der Waals surface area contributed by atoms with Crippen LogP contribution in [0.3, 0.4) is 0 Å². The number of carboxylic acid groups (broad SMARTS) is 1. The first-order chi connectivity index (χ1) is 10.2. The van der Waals surface area contributed by atoms with Crippen molar-refractivity contribution >= 4 is 23.4 Å². The third-order valence-electron chi connectivity index (χ3n) is 2.63. The van der Waals surface area contributed by atoms with Crippen molar-refractivity contribution in [3.63, 3.8) is 0 Å². The quantitative estimate of drug-likeness (QED) is 0.731. The first-order valence-electron chi connectivity index (χ1n) is 7.12. The van der Waals surface area contributed by atoms with Gasteiger partial charge in [0.05, 0.1) is 23.7 Å². The minimum Gasteiger partial charge on any atom is -0.487 e. The normalized spacial score (nSPS) is 10.9. The minimum atomic E-state index is -1.03. The predicted octanol–water partition coefficient (Wildman–Crippen LogP) is 3.96.